The van der Waals surface area contributed by atoms with Crippen LogP contribution in [0, 0.1) is 0 Å². The van der Waals surface area contributed by atoms with Crippen LogP contribution < -0.4 is 5.90 Å². The second-order valence-electron chi connectivity index (χ2n) is 2.93. The largest absolute Gasteiger partial charge is 0.411 e. The standard InChI is InChI=1S/C11H14BNO/c1-2-3-11(14-13)10-6-4-9(8-12)5-7-10/h2-7H,1,8,12-13H2/b11-3-. The molecule has 0 aromatic heterocycles. The molecule has 0 aliphatic rings. The lowest BCUT2D eigenvalue weighted by Gasteiger charge is -2.04. The highest BCUT2D eigenvalue weighted by atomic mass is 16.6. The summed E-state index contributed by atoms with van der Waals surface area (Å²) in [7, 11) is 2.12. The van der Waals surface area contributed by atoms with Crippen LogP contribution in [-0.4, -0.2) is 7.85 Å². The van der Waals surface area contributed by atoms with Crippen molar-refractivity contribution in [2.75, 3.05) is 0 Å². The first kappa shape index (κ1) is 10.6. The molecule has 0 aliphatic carbocycles. The molecule has 0 unspecified atom stereocenters. The molecule has 0 aliphatic heterocycles. The molecule has 2 nitrogen and oxygen atoms in total. The molecule has 0 spiro atoms. The van der Waals surface area contributed by atoms with Gasteiger partial charge in [0.25, 0.3) is 0 Å². The first-order chi connectivity index (χ1) is 6.81. The van der Waals surface area contributed by atoms with Gasteiger partial charge in [-0.25, -0.2) is 0 Å². The number of hydrogen-bond donors (Lipinski definition) is 1. The van der Waals surface area contributed by atoms with Crippen LogP contribution in [0.4, 0.5) is 0 Å². The zero-order valence-corrected chi connectivity index (χ0v) is 8.36. The van der Waals surface area contributed by atoms with Crippen LogP contribution in [-0.2, 0) is 11.2 Å². The predicted molar refractivity (Wildman–Crippen MR) is 62.1 cm³/mol. The molecule has 0 fully saturated rings. The molecular weight excluding hydrogens is 173 g/mol. The Morgan fingerprint density at radius 3 is 2.50 bits per heavy atom. The van der Waals surface area contributed by atoms with Gasteiger partial charge in [0.1, 0.15) is 7.85 Å². The van der Waals surface area contributed by atoms with Crippen molar-refractivity contribution in [3.05, 3.63) is 54.1 Å². The van der Waals surface area contributed by atoms with E-state index in [1.54, 1.807) is 12.2 Å². The maximum Gasteiger partial charge on any atom is 0.154 e. The van der Waals surface area contributed by atoms with E-state index in [4.69, 9.17) is 10.7 Å². The zero-order valence-electron chi connectivity index (χ0n) is 8.36. The van der Waals surface area contributed by atoms with Crippen molar-refractivity contribution in [2.45, 2.75) is 6.32 Å². The molecule has 0 heterocycles. The summed E-state index contributed by atoms with van der Waals surface area (Å²) in [6.07, 6.45) is 4.42. The molecule has 14 heavy (non-hydrogen) atoms. The highest BCUT2D eigenvalue weighted by Crippen LogP contribution is 2.14. The van der Waals surface area contributed by atoms with E-state index >= 15 is 0 Å². The minimum atomic E-state index is 0.627. The maximum absolute atomic E-state index is 5.15. The Balaban J connectivity index is 2.95. The van der Waals surface area contributed by atoms with Gasteiger partial charge in [-0.3, -0.25) is 0 Å². The van der Waals surface area contributed by atoms with Crippen LogP contribution in [0.1, 0.15) is 11.1 Å². The van der Waals surface area contributed by atoms with Gasteiger partial charge in [-0.15, -0.1) is 0 Å². The smallest absolute Gasteiger partial charge is 0.154 e. The Morgan fingerprint density at radius 1 is 1.43 bits per heavy atom. The number of hydrogen-bond acceptors (Lipinski definition) is 2. The molecule has 2 N–H and O–H groups in total. The summed E-state index contributed by atoms with van der Waals surface area (Å²) in [6.45, 7) is 3.60. The topological polar surface area (TPSA) is 35.2 Å². The van der Waals surface area contributed by atoms with Crippen LogP contribution in [0.15, 0.2) is 43.0 Å². The average Bonchev–Trinajstić information content (AvgIpc) is 2.26. The van der Waals surface area contributed by atoms with Crippen molar-refractivity contribution in [1.82, 2.24) is 0 Å². The van der Waals surface area contributed by atoms with E-state index in [2.05, 4.69) is 26.6 Å². The average molecular weight is 187 g/mol. The quantitative estimate of drug-likeness (QED) is 0.333. The monoisotopic (exact) mass is 187 g/mol. The van der Waals surface area contributed by atoms with E-state index in [1.165, 1.54) is 5.56 Å². The van der Waals surface area contributed by atoms with Crippen LogP contribution >= 0.6 is 0 Å². The van der Waals surface area contributed by atoms with Crippen LogP contribution in [0.25, 0.3) is 5.76 Å². The fourth-order valence-electron chi connectivity index (χ4n) is 1.22. The molecule has 0 atom stereocenters. The Bertz CT molecular complexity index is 330. The van der Waals surface area contributed by atoms with Gasteiger partial charge in [-0.1, -0.05) is 48.8 Å². The molecule has 1 aromatic carbocycles. The second-order valence-corrected chi connectivity index (χ2v) is 2.93. The molecule has 0 bridgehead atoms. The number of nitrogens with two attached hydrogens (primary N) is 1. The zero-order chi connectivity index (χ0) is 10.4. The van der Waals surface area contributed by atoms with Crippen molar-refractivity contribution >= 4 is 13.6 Å². The number of rotatable bonds is 4. The van der Waals surface area contributed by atoms with Gasteiger partial charge in [0.15, 0.2) is 5.76 Å². The first-order valence-corrected chi connectivity index (χ1v) is 4.60. The van der Waals surface area contributed by atoms with E-state index < -0.39 is 0 Å². The van der Waals surface area contributed by atoms with E-state index in [1.807, 2.05) is 12.1 Å². The van der Waals surface area contributed by atoms with Crippen molar-refractivity contribution in [3.63, 3.8) is 0 Å². The van der Waals surface area contributed by atoms with Gasteiger partial charge in [0, 0.05) is 5.56 Å². The van der Waals surface area contributed by atoms with Crippen molar-refractivity contribution in [2.24, 2.45) is 5.90 Å². The summed E-state index contributed by atoms with van der Waals surface area (Å²) < 4.78 is 0. The Kier molecular flexibility index (Phi) is 4.01. The molecular formula is C11H14BNO. The molecule has 1 rings (SSSR count). The lowest BCUT2D eigenvalue weighted by atomic mass is 9.96. The molecule has 72 valence electrons. The first-order valence-electron chi connectivity index (χ1n) is 4.60. The van der Waals surface area contributed by atoms with Crippen LogP contribution in [0.2, 0.25) is 0 Å². The molecule has 0 saturated heterocycles. The summed E-state index contributed by atoms with van der Waals surface area (Å²) in [5.41, 5.74) is 2.26. The highest BCUT2D eigenvalue weighted by molar-refractivity contribution is 6.08. The van der Waals surface area contributed by atoms with Gasteiger partial charge in [-0.05, 0) is 6.08 Å². The SMILES string of the molecule is BCc1ccc(/C(=C/C=C)ON)cc1. The van der Waals surface area contributed by atoms with E-state index in [9.17, 15) is 0 Å². The summed E-state index contributed by atoms with van der Waals surface area (Å²) >= 11 is 0. The summed E-state index contributed by atoms with van der Waals surface area (Å²) in [5, 5.41) is 0. The van der Waals surface area contributed by atoms with Crippen molar-refractivity contribution in [1.29, 1.82) is 0 Å². The maximum atomic E-state index is 5.15. The second kappa shape index (κ2) is 5.30. The summed E-state index contributed by atoms with van der Waals surface area (Å²) in [4.78, 5) is 4.74. The van der Waals surface area contributed by atoms with Gasteiger partial charge in [-0.2, -0.15) is 5.90 Å². The van der Waals surface area contributed by atoms with E-state index in [0.717, 1.165) is 11.9 Å². The molecule has 1 aromatic rings. The Hall–Kier alpha value is -1.48. The third-order valence-corrected chi connectivity index (χ3v) is 2.04. The fourth-order valence-corrected chi connectivity index (χ4v) is 1.22. The lowest BCUT2D eigenvalue weighted by molar-refractivity contribution is 0.291. The van der Waals surface area contributed by atoms with Gasteiger partial charge < -0.3 is 4.84 Å². The summed E-state index contributed by atoms with van der Waals surface area (Å²) in [6, 6.07) is 8.10. The van der Waals surface area contributed by atoms with Gasteiger partial charge in [0.05, 0.1) is 0 Å². The third kappa shape index (κ3) is 2.50. The van der Waals surface area contributed by atoms with Gasteiger partial charge >= 0.3 is 0 Å². The number of benzene rings is 1. The van der Waals surface area contributed by atoms with Crippen molar-refractivity contribution in [3.8, 4) is 0 Å². The Morgan fingerprint density at radius 2 is 2.07 bits per heavy atom. The highest BCUT2D eigenvalue weighted by Gasteiger charge is 1.99. The van der Waals surface area contributed by atoms with Gasteiger partial charge in [0.2, 0.25) is 0 Å². The lowest BCUT2D eigenvalue weighted by Crippen LogP contribution is -1.98. The normalized spacial score (nSPS) is 11.1. The Labute approximate surface area is 85.4 Å². The van der Waals surface area contributed by atoms with E-state index in [0.29, 0.717) is 5.76 Å². The molecule has 0 saturated carbocycles. The third-order valence-electron chi connectivity index (χ3n) is 2.04. The molecule has 0 amide bonds. The minimum absolute atomic E-state index is 0.627. The molecule has 0 radical (unpaired) electrons. The summed E-state index contributed by atoms with van der Waals surface area (Å²) in [5.74, 6) is 5.77. The minimum Gasteiger partial charge on any atom is -0.411 e. The fraction of sp³-hybridized carbons (Fsp3) is 0.0909. The van der Waals surface area contributed by atoms with E-state index in [-0.39, 0.29) is 0 Å². The number of allylic oxidation sites excluding steroid dienone is 2. The van der Waals surface area contributed by atoms with Crippen LogP contribution in [0.3, 0.4) is 0 Å². The van der Waals surface area contributed by atoms with Crippen molar-refractivity contribution < 1.29 is 4.84 Å². The van der Waals surface area contributed by atoms with Crippen LogP contribution in [0.5, 0.6) is 0 Å². The predicted octanol–water partition coefficient (Wildman–Crippen LogP) is 1.24. The molecule has 3 heteroatoms.